The van der Waals surface area contributed by atoms with Gasteiger partial charge in [-0.1, -0.05) is 12.1 Å². The van der Waals surface area contributed by atoms with Crippen molar-refractivity contribution in [3.05, 3.63) is 54.0 Å². The van der Waals surface area contributed by atoms with Crippen molar-refractivity contribution in [3.8, 4) is 5.88 Å². The molecule has 30 heavy (non-hydrogen) atoms. The molecule has 0 aromatic carbocycles. The summed E-state index contributed by atoms with van der Waals surface area (Å²) in [7, 11) is 0. The number of pyridine rings is 2. The molecule has 1 saturated carbocycles. The third-order valence-corrected chi connectivity index (χ3v) is 6.15. The lowest BCUT2D eigenvalue weighted by atomic mass is 10.1. The van der Waals surface area contributed by atoms with Gasteiger partial charge in [0, 0.05) is 63.4 Å². The van der Waals surface area contributed by atoms with Crippen LogP contribution in [0.4, 0.5) is 4.79 Å². The van der Waals surface area contributed by atoms with E-state index in [9.17, 15) is 4.79 Å². The molecule has 1 unspecified atom stereocenters. The Labute approximate surface area is 178 Å². The molecule has 2 amide bonds. The van der Waals surface area contributed by atoms with Crippen molar-refractivity contribution in [3.63, 3.8) is 0 Å². The minimum atomic E-state index is -0.0186. The maximum absolute atomic E-state index is 12.6. The fraction of sp³-hybridized carbons (Fsp3) is 0.522. The van der Waals surface area contributed by atoms with E-state index in [2.05, 4.69) is 33.2 Å². The zero-order chi connectivity index (χ0) is 20.8. The highest BCUT2D eigenvalue weighted by atomic mass is 16.5. The van der Waals surface area contributed by atoms with Gasteiger partial charge in [0.05, 0.1) is 0 Å². The van der Waals surface area contributed by atoms with Crippen molar-refractivity contribution in [1.29, 1.82) is 0 Å². The molecule has 0 spiro atoms. The first-order valence-electron chi connectivity index (χ1n) is 11.0. The number of aromatic nitrogens is 2. The van der Waals surface area contributed by atoms with Gasteiger partial charge >= 0.3 is 6.03 Å². The molecule has 7 nitrogen and oxygen atoms in total. The Morgan fingerprint density at radius 3 is 2.63 bits per heavy atom. The Hall–Kier alpha value is -2.67. The molecule has 1 saturated heterocycles. The van der Waals surface area contributed by atoms with Crippen LogP contribution in [0.3, 0.4) is 0 Å². The predicted octanol–water partition coefficient (Wildman–Crippen LogP) is 3.39. The number of carbonyl (C=O) groups excluding carboxylic acids is 1. The van der Waals surface area contributed by atoms with E-state index in [1.165, 1.54) is 18.4 Å². The van der Waals surface area contributed by atoms with Gasteiger partial charge < -0.3 is 15.0 Å². The molecule has 2 aromatic heterocycles. The number of urea groups is 1. The second kappa shape index (κ2) is 9.89. The van der Waals surface area contributed by atoms with Crippen molar-refractivity contribution < 1.29 is 9.53 Å². The summed E-state index contributed by atoms with van der Waals surface area (Å²) in [5.41, 5.74) is 2.19. The van der Waals surface area contributed by atoms with E-state index in [-0.39, 0.29) is 6.03 Å². The topological polar surface area (TPSA) is 70.6 Å². The summed E-state index contributed by atoms with van der Waals surface area (Å²) < 4.78 is 5.90. The summed E-state index contributed by atoms with van der Waals surface area (Å²) in [6.45, 7) is 5.84. The van der Waals surface area contributed by atoms with E-state index < -0.39 is 0 Å². The van der Waals surface area contributed by atoms with Crippen molar-refractivity contribution in [2.75, 3.05) is 26.2 Å². The lowest BCUT2D eigenvalue weighted by molar-refractivity contribution is 0.113. The Bertz CT molecular complexity index is 800. The lowest BCUT2D eigenvalue weighted by Gasteiger charge is -2.38. The van der Waals surface area contributed by atoms with Gasteiger partial charge in [-0.05, 0) is 49.8 Å². The summed E-state index contributed by atoms with van der Waals surface area (Å²) in [6, 6.07) is 8.24. The summed E-state index contributed by atoms with van der Waals surface area (Å²) in [5.74, 6) is 0.677. The van der Waals surface area contributed by atoms with Gasteiger partial charge in [0.15, 0.2) is 0 Å². The highest BCUT2D eigenvalue weighted by Gasteiger charge is 2.24. The Morgan fingerprint density at radius 1 is 1.17 bits per heavy atom. The number of amides is 2. The van der Waals surface area contributed by atoms with Gasteiger partial charge in [0.25, 0.3) is 0 Å². The van der Waals surface area contributed by atoms with Gasteiger partial charge in [-0.25, -0.2) is 9.78 Å². The number of nitrogens with one attached hydrogen (secondary N) is 1. The molecule has 7 heteroatoms. The van der Waals surface area contributed by atoms with Crippen LogP contribution in [0.15, 0.2) is 42.9 Å². The molecule has 2 aromatic rings. The molecule has 3 heterocycles. The van der Waals surface area contributed by atoms with Crippen LogP contribution in [0, 0.1) is 0 Å². The number of hydrogen-bond donors (Lipinski definition) is 1. The van der Waals surface area contributed by atoms with Crippen LogP contribution in [-0.2, 0) is 6.54 Å². The highest BCUT2D eigenvalue weighted by Crippen LogP contribution is 2.23. The molecule has 4 rings (SSSR count). The first kappa shape index (κ1) is 20.6. The van der Waals surface area contributed by atoms with Crippen molar-refractivity contribution in [1.82, 2.24) is 25.1 Å². The lowest BCUT2D eigenvalue weighted by Crippen LogP contribution is -2.52. The monoisotopic (exact) mass is 409 g/mol. The molecule has 0 bridgehead atoms. The summed E-state index contributed by atoms with van der Waals surface area (Å²) in [5, 5.41) is 3.01. The maximum Gasteiger partial charge on any atom is 0.317 e. The average Bonchev–Trinajstić information content (AvgIpc) is 3.32. The van der Waals surface area contributed by atoms with Crippen LogP contribution in [0.25, 0.3) is 0 Å². The van der Waals surface area contributed by atoms with Gasteiger partial charge in [-0.2, -0.15) is 0 Å². The molecular weight excluding hydrogens is 378 g/mol. The molecule has 1 N–H and O–H groups in total. The number of rotatable bonds is 6. The number of piperazine rings is 1. The van der Waals surface area contributed by atoms with Crippen LogP contribution >= 0.6 is 0 Å². The standard InChI is InChI=1S/C23H31N5O2/c1-18(20-5-4-10-24-17-20)27-11-13-28(14-12-27)23(29)26-16-19-8-9-22(25-15-19)30-21-6-2-3-7-21/h4-5,8-10,15,17-18,21H,2-3,6-7,11-14,16H2,1H3,(H,26,29). The van der Waals surface area contributed by atoms with E-state index in [1.54, 1.807) is 12.4 Å². The quantitative estimate of drug-likeness (QED) is 0.792. The van der Waals surface area contributed by atoms with Gasteiger partial charge in [-0.15, -0.1) is 0 Å². The molecule has 0 radical (unpaired) electrons. The largest absolute Gasteiger partial charge is 0.474 e. The number of nitrogens with zero attached hydrogens (tertiary/aromatic N) is 4. The Morgan fingerprint density at radius 2 is 1.97 bits per heavy atom. The normalized spacial score (nSPS) is 18.9. The Balaban J connectivity index is 1.20. The predicted molar refractivity (Wildman–Crippen MR) is 115 cm³/mol. The summed E-state index contributed by atoms with van der Waals surface area (Å²) >= 11 is 0. The minimum Gasteiger partial charge on any atom is -0.474 e. The molecular formula is C23H31N5O2. The van der Waals surface area contributed by atoms with E-state index in [1.807, 2.05) is 29.3 Å². The Kier molecular flexibility index (Phi) is 6.79. The zero-order valence-electron chi connectivity index (χ0n) is 17.7. The van der Waals surface area contributed by atoms with Crippen LogP contribution in [0.2, 0.25) is 0 Å². The van der Waals surface area contributed by atoms with Gasteiger partial charge in [0.1, 0.15) is 6.10 Å². The van der Waals surface area contributed by atoms with Crippen molar-refractivity contribution in [2.24, 2.45) is 0 Å². The second-order valence-electron chi connectivity index (χ2n) is 8.17. The third kappa shape index (κ3) is 5.27. The fourth-order valence-electron chi connectivity index (χ4n) is 4.20. The fourth-order valence-corrected chi connectivity index (χ4v) is 4.20. The van der Waals surface area contributed by atoms with Crippen molar-refractivity contribution >= 4 is 6.03 Å². The maximum atomic E-state index is 12.6. The summed E-state index contributed by atoms with van der Waals surface area (Å²) in [4.78, 5) is 25.4. The van der Waals surface area contributed by atoms with E-state index in [4.69, 9.17) is 4.74 Å². The zero-order valence-corrected chi connectivity index (χ0v) is 17.7. The molecule has 2 aliphatic rings. The SMILES string of the molecule is CC(c1cccnc1)N1CCN(C(=O)NCc2ccc(OC3CCCC3)nc2)CC1. The van der Waals surface area contributed by atoms with E-state index in [0.29, 0.717) is 24.6 Å². The first-order valence-corrected chi connectivity index (χ1v) is 11.0. The number of carbonyl (C=O) groups is 1. The smallest absolute Gasteiger partial charge is 0.317 e. The van der Waals surface area contributed by atoms with E-state index >= 15 is 0 Å². The molecule has 1 aliphatic heterocycles. The summed E-state index contributed by atoms with van der Waals surface area (Å²) in [6.07, 6.45) is 10.5. The van der Waals surface area contributed by atoms with Crippen LogP contribution in [0.5, 0.6) is 5.88 Å². The van der Waals surface area contributed by atoms with Crippen molar-refractivity contribution in [2.45, 2.75) is 51.3 Å². The average molecular weight is 410 g/mol. The first-order chi connectivity index (χ1) is 14.7. The second-order valence-corrected chi connectivity index (χ2v) is 8.17. The molecule has 1 aliphatic carbocycles. The van der Waals surface area contributed by atoms with Gasteiger partial charge in [0.2, 0.25) is 5.88 Å². The van der Waals surface area contributed by atoms with E-state index in [0.717, 1.165) is 44.6 Å². The molecule has 160 valence electrons. The molecule has 1 atom stereocenters. The van der Waals surface area contributed by atoms with Crippen LogP contribution in [0.1, 0.15) is 49.8 Å². The molecule has 2 fully saturated rings. The third-order valence-electron chi connectivity index (χ3n) is 6.15. The minimum absolute atomic E-state index is 0.0186. The number of ether oxygens (including phenoxy) is 1. The van der Waals surface area contributed by atoms with Gasteiger partial charge in [-0.3, -0.25) is 9.88 Å². The van der Waals surface area contributed by atoms with Crippen LogP contribution < -0.4 is 10.1 Å². The highest BCUT2D eigenvalue weighted by molar-refractivity contribution is 5.74. The van der Waals surface area contributed by atoms with Crippen LogP contribution in [-0.4, -0.2) is 58.1 Å². The number of hydrogen-bond acceptors (Lipinski definition) is 5.